The van der Waals surface area contributed by atoms with Gasteiger partial charge in [-0.25, -0.2) is 14.5 Å². The van der Waals surface area contributed by atoms with E-state index >= 15 is 0 Å². The van der Waals surface area contributed by atoms with Gasteiger partial charge in [0.05, 0.1) is 23.3 Å². The van der Waals surface area contributed by atoms with E-state index < -0.39 is 28.7 Å². The molecule has 3 aromatic carbocycles. The second-order valence-corrected chi connectivity index (χ2v) is 7.39. The maximum Gasteiger partial charge on any atom is 0.343 e. The van der Waals surface area contributed by atoms with Crippen molar-refractivity contribution >= 4 is 41.3 Å². The summed E-state index contributed by atoms with van der Waals surface area (Å²) in [5, 5.41) is 12.9. The van der Waals surface area contributed by atoms with E-state index in [-0.39, 0.29) is 33.8 Å². The van der Waals surface area contributed by atoms with Crippen LogP contribution in [0, 0.1) is 10.1 Å². The average molecular weight is 487 g/mol. The van der Waals surface area contributed by atoms with Crippen LogP contribution in [0.15, 0.2) is 78.4 Å². The monoisotopic (exact) mass is 487 g/mol. The van der Waals surface area contributed by atoms with Crippen LogP contribution in [0.1, 0.15) is 15.9 Å². The number of carbonyl (C=O) groups excluding carboxylic acids is 4. The van der Waals surface area contributed by atoms with E-state index in [9.17, 15) is 29.3 Å². The van der Waals surface area contributed by atoms with Gasteiger partial charge in [-0.3, -0.25) is 25.0 Å². The molecule has 0 bridgehead atoms. The molecule has 0 unspecified atom stereocenters. The molecule has 0 aromatic heterocycles. The Balaban J connectivity index is 1.63. The number of ether oxygens (including phenoxy) is 2. The summed E-state index contributed by atoms with van der Waals surface area (Å²) in [6, 6.07) is 16.2. The number of amides is 4. The summed E-state index contributed by atoms with van der Waals surface area (Å²) in [7, 11) is 1.47. The minimum atomic E-state index is -0.912. The van der Waals surface area contributed by atoms with Crippen molar-refractivity contribution in [3.63, 3.8) is 0 Å². The summed E-state index contributed by atoms with van der Waals surface area (Å²) in [4.78, 5) is 61.6. The third-order valence-corrected chi connectivity index (χ3v) is 5.17. The zero-order chi connectivity index (χ0) is 25.8. The van der Waals surface area contributed by atoms with E-state index in [1.165, 1.54) is 61.7 Å². The van der Waals surface area contributed by atoms with Crippen molar-refractivity contribution in [2.75, 3.05) is 12.0 Å². The van der Waals surface area contributed by atoms with Crippen LogP contribution < -0.4 is 19.7 Å². The average Bonchev–Trinajstić information content (AvgIpc) is 2.87. The fraction of sp³-hybridized carbons (Fsp3) is 0.0400. The highest BCUT2D eigenvalue weighted by atomic mass is 16.6. The zero-order valence-corrected chi connectivity index (χ0v) is 18.7. The van der Waals surface area contributed by atoms with E-state index in [0.717, 1.165) is 4.90 Å². The number of nitro groups is 1. The molecule has 4 amide bonds. The lowest BCUT2D eigenvalue weighted by molar-refractivity contribution is -0.384. The van der Waals surface area contributed by atoms with Crippen LogP contribution >= 0.6 is 0 Å². The number of methoxy groups -OCH3 is 1. The predicted octanol–water partition coefficient (Wildman–Crippen LogP) is 3.49. The fourth-order valence-corrected chi connectivity index (χ4v) is 3.35. The number of carbonyl (C=O) groups is 4. The van der Waals surface area contributed by atoms with Crippen LogP contribution in [0.25, 0.3) is 6.08 Å². The third kappa shape index (κ3) is 4.80. The molecule has 36 heavy (non-hydrogen) atoms. The number of hydrogen-bond donors (Lipinski definition) is 1. The molecule has 1 saturated heterocycles. The Kier molecular flexibility index (Phi) is 6.55. The highest BCUT2D eigenvalue weighted by Crippen LogP contribution is 2.27. The summed E-state index contributed by atoms with van der Waals surface area (Å²) in [6.45, 7) is 0. The number of hydrogen-bond acceptors (Lipinski definition) is 8. The van der Waals surface area contributed by atoms with Crippen molar-refractivity contribution in [2.24, 2.45) is 0 Å². The van der Waals surface area contributed by atoms with E-state index in [4.69, 9.17) is 9.47 Å². The molecule has 1 N–H and O–H groups in total. The van der Waals surface area contributed by atoms with Crippen LogP contribution in [0.4, 0.5) is 16.2 Å². The number of nitrogens with zero attached hydrogens (tertiary/aromatic N) is 2. The molecular formula is C25H17N3O8. The molecule has 0 spiro atoms. The Morgan fingerprint density at radius 2 is 1.64 bits per heavy atom. The molecule has 1 heterocycles. The largest absolute Gasteiger partial charge is 0.497 e. The quantitative estimate of drug-likeness (QED) is 0.139. The van der Waals surface area contributed by atoms with Crippen molar-refractivity contribution in [3.8, 4) is 11.5 Å². The van der Waals surface area contributed by atoms with Crippen LogP contribution in [-0.4, -0.2) is 35.8 Å². The molecule has 11 nitrogen and oxygen atoms in total. The van der Waals surface area contributed by atoms with Crippen molar-refractivity contribution in [2.45, 2.75) is 0 Å². The molecule has 4 rings (SSSR count). The van der Waals surface area contributed by atoms with Gasteiger partial charge in [0.25, 0.3) is 17.5 Å². The first-order valence-corrected chi connectivity index (χ1v) is 10.4. The van der Waals surface area contributed by atoms with Gasteiger partial charge >= 0.3 is 12.0 Å². The second-order valence-electron chi connectivity index (χ2n) is 7.39. The minimum absolute atomic E-state index is 0.0295. The van der Waals surface area contributed by atoms with Crippen LogP contribution in [0.2, 0.25) is 0 Å². The summed E-state index contributed by atoms with van der Waals surface area (Å²) in [5.74, 6) is -2.04. The Morgan fingerprint density at radius 1 is 0.972 bits per heavy atom. The zero-order valence-electron chi connectivity index (χ0n) is 18.7. The molecule has 11 heteroatoms. The van der Waals surface area contributed by atoms with Gasteiger partial charge in [0.1, 0.15) is 17.1 Å². The first-order chi connectivity index (χ1) is 17.3. The van der Waals surface area contributed by atoms with Gasteiger partial charge in [0, 0.05) is 17.7 Å². The van der Waals surface area contributed by atoms with Crippen molar-refractivity contribution in [3.05, 3.63) is 99.6 Å². The maximum atomic E-state index is 13.1. The number of para-hydroxylation sites is 1. The molecule has 1 aliphatic rings. The Bertz CT molecular complexity index is 1410. The Labute approximate surface area is 203 Å². The number of rotatable bonds is 6. The smallest absolute Gasteiger partial charge is 0.343 e. The molecular weight excluding hydrogens is 470 g/mol. The van der Waals surface area contributed by atoms with Crippen LogP contribution in [0.5, 0.6) is 11.5 Å². The van der Waals surface area contributed by atoms with Gasteiger partial charge in [-0.1, -0.05) is 18.2 Å². The standard InChI is InChI=1S/C25H17N3O8/c1-35-19-12-10-17(11-13-19)27-23(30)20(22(29)26-25(27)32)14-16-4-2-3-5-21(16)36-24(31)15-6-8-18(9-7-15)28(33)34/h2-14H,1H3,(H,26,29,32). The van der Waals surface area contributed by atoms with Gasteiger partial charge in [-0.15, -0.1) is 0 Å². The molecule has 0 atom stereocenters. The highest BCUT2D eigenvalue weighted by molar-refractivity contribution is 6.39. The van der Waals surface area contributed by atoms with E-state index in [1.807, 2.05) is 0 Å². The third-order valence-electron chi connectivity index (χ3n) is 5.17. The highest BCUT2D eigenvalue weighted by Gasteiger charge is 2.37. The van der Waals surface area contributed by atoms with Gasteiger partial charge < -0.3 is 9.47 Å². The number of esters is 1. The van der Waals surface area contributed by atoms with E-state index in [0.29, 0.717) is 5.75 Å². The molecule has 0 radical (unpaired) electrons. The van der Waals surface area contributed by atoms with Crippen molar-refractivity contribution < 1.29 is 33.6 Å². The first kappa shape index (κ1) is 23.8. The number of nitrogens with one attached hydrogen (secondary N) is 1. The lowest BCUT2D eigenvalue weighted by atomic mass is 10.1. The van der Waals surface area contributed by atoms with Crippen LogP contribution in [0.3, 0.4) is 0 Å². The Morgan fingerprint density at radius 3 is 2.28 bits per heavy atom. The molecule has 1 fully saturated rings. The number of imide groups is 2. The number of urea groups is 1. The molecule has 0 saturated carbocycles. The number of barbiturate groups is 1. The topological polar surface area (TPSA) is 145 Å². The molecule has 180 valence electrons. The molecule has 3 aromatic rings. The molecule has 1 aliphatic heterocycles. The lowest BCUT2D eigenvalue weighted by Crippen LogP contribution is -2.54. The van der Waals surface area contributed by atoms with Gasteiger partial charge in [0.2, 0.25) is 0 Å². The van der Waals surface area contributed by atoms with E-state index in [1.54, 1.807) is 24.3 Å². The van der Waals surface area contributed by atoms with Gasteiger partial charge in [-0.05, 0) is 48.5 Å². The minimum Gasteiger partial charge on any atom is -0.497 e. The first-order valence-electron chi connectivity index (χ1n) is 10.4. The van der Waals surface area contributed by atoms with Crippen LogP contribution in [-0.2, 0) is 9.59 Å². The Hall–Kier alpha value is -5.32. The predicted molar refractivity (Wildman–Crippen MR) is 126 cm³/mol. The SMILES string of the molecule is COc1ccc(N2C(=O)NC(=O)C(=Cc3ccccc3OC(=O)c3ccc([N+](=O)[O-])cc3)C2=O)cc1. The van der Waals surface area contributed by atoms with Gasteiger partial charge in [0.15, 0.2) is 0 Å². The molecule has 0 aliphatic carbocycles. The van der Waals surface area contributed by atoms with Crippen molar-refractivity contribution in [1.29, 1.82) is 0 Å². The van der Waals surface area contributed by atoms with Crippen molar-refractivity contribution in [1.82, 2.24) is 5.32 Å². The maximum absolute atomic E-state index is 13.1. The normalized spacial score (nSPS) is 14.4. The lowest BCUT2D eigenvalue weighted by Gasteiger charge is -2.26. The summed E-state index contributed by atoms with van der Waals surface area (Å²) in [6.07, 6.45) is 1.21. The summed E-state index contributed by atoms with van der Waals surface area (Å²) < 4.78 is 10.5. The second kappa shape index (κ2) is 9.89. The number of nitro benzene ring substituents is 1. The fourth-order valence-electron chi connectivity index (χ4n) is 3.35. The number of non-ortho nitro benzene ring substituents is 1. The van der Waals surface area contributed by atoms with Gasteiger partial charge in [-0.2, -0.15) is 0 Å². The summed E-state index contributed by atoms with van der Waals surface area (Å²) >= 11 is 0. The number of benzene rings is 3. The van der Waals surface area contributed by atoms with E-state index in [2.05, 4.69) is 5.32 Å². The number of anilines is 1. The summed E-state index contributed by atoms with van der Waals surface area (Å²) in [5.41, 5.74) is -0.0468.